The van der Waals surface area contributed by atoms with Gasteiger partial charge in [0.2, 0.25) is 0 Å². The zero-order chi connectivity index (χ0) is 13.2. The number of halogens is 4. The van der Waals surface area contributed by atoms with Crippen molar-refractivity contribution >= 4 is 34.0 Å². The van der Waals surface area contributed by atoms with Gasteiger partial charge in [0.15, 0.2) is 0 Å². The van der Waals surface area contributed by atoms with Gasteiger partial charge in [0.25, 0.3) is 11.6 Å². The van der Waals surface area contributed by atoms with Crippen LogP contribution in [0, 0.1) is 10.1 Å². The Kier molecular flexibility index (Phi) is 6.08. The summed E-state index contributed by atoms with van der Waals surface area (Å²) in [5.41, 5.74) is 4.79. The summed E-state index contributed by atoms with van der Waals surface area (Å²) >= 11 is 2.93. The minimum atomic E-state index is -3.53. The van der Waals surface area contributed by atoms with Crippen molar-refractivity contribution in [1.29, 1.82) is 0 Å². The van der Waals surface area contributed by atoms with Crippen molar-refractivity contribution in [3.8, 4) is 0 Å². The molecule has 0 bridgehead atoms. The lowest BCUT2D eigenvalue weighted by Crippen LogP contribution is -2.36. The molecule has 0 saturated heterocycles. The van der Waals surface area contributed by atoms with Gasteiger partial charge in [0, 0.05) is 6.07 Å². The SMILES string of the molecule is Cl.N[C@@H](c1ccc(Br)c([N+](=O)[O-])c1)C(F)(F)CO. The Morgan fingerprint density at radius 1 is 1.56 bits per heavy atom. The Labute approximate surface area is 116 Å². The van der Waals surface area contributed by atoms with Crippen LogP contribution < -0.4 is 5.73 Å². The van der Waals surface area contributed by atoms with Crippen LogP contribution in [0.4, 0.5) is 14.5 Å². The molecule has 18 heavy (non-hydrogen) atoms. The smallest absolute Gasteiger partial charge is 0.289 e. The van der Waals surface area contributed by atoms with E-state index < -0.39 is 23.5 Å². The molecule has 0 amide bonds. The van der Waals surface area contributed by atoms with E-state index >= 15 is 0 Å². The van der Waals surface area contributed by atoms with Crippen molar-refractivity contribution in [2.24, 2.45) is 5.73 Å². The number of rotatable bonds is 4. The van der Waals surface area contributed by atoms with E-state index in [2.05, 4.69) is 15.9 Å². The van der Waals surface area contributed by atoms with E-state index in [4.69, 9.17) is 10.8 Å². The molecule has 0 heterocycles. The molecule has 0 radical (unpaired) electrons. The van der Waals surface area contributed by atoms with E-state index in [-0.39, 0.29) is 28.1 Å². The molecule has 3 N–H and O–H groups in total. The van der Waals surface area contributed by atoms with Gasteiger partial charge in [0.1, 0.15) is 6.61 Å². The van der Waals surface area contributed by atoms with Crippen molar-refractivity contribution in [1.82, 2.24) is 0 Å². The Morgan fingerprint density at radius 2 is 2.11 bits per heavy atom. The molecule has 0 fully saturated rings. The van der Waals surface area contributed by atoms with Gasteiger partial charge in [0.05, 0.1) is 15.4 Å². The van der Waals surface area contributed by atoms with Crippen molar-refractivity contribution in [3.63, 3.8) is 0 Å². The fourth-order valence-corrected chi connectivity index (χ4v) is 1.60. The Hall–Kier alpha value is -0.830. The highest BCUT2D eigenvalue weighted by molar-refractivity contribution is 9.10. The molecule has 1 aromatic rings. The molecule has 0 aliphatic heterocycles. The van der Waals surface area contributed by atoms with Crippen molar-refractivity contribution in [2.75, 3.05) is 6.61 Å². The number of hydrogen-bond acceptors (Lipinski definition) is 4. The van der Waals surface area contributed by atoms with Gasteiger partial charge in [-0.05, 0) is 27.6 Å². The van der Waals surface area contributed by atoms with Gasteiger partial charge < -0.3 is 10.8 Å². The third-order valence-electron chi connectivity index (χ3n) is 2.19. The van der Waals surface area contributed by atoms with Gasteiger partial charge in [-0.15, -0.1) is 12.4 Å². The van der Waals surface area contributed by atoms with Crippen LogP contribution in [0.15, 0.2) is 22.7 Å². The van der Waals surface area contributed by atoms with Gasteiger partial charge in [-0.2, -0.15) is 0 Å². The number of alkyl halides is 2. The number of hydrogen-bond donors (Lipinski definition) is 2. The predicted molar refractivity (Wildman–Crippen MR) is 67.0 cm³/mol. The third-order valence-corrected chi connectivity index (χ3v) is 2.86. The number of benzene rings is 1. The predicted octanol–water partition coefficient (Wildman–Crippen LogP) is 2.41. The van der Waals surface area contributed by atoms with E-state index in [1.807, 2.05) is 0 Å². The number of nitrogens with two attached hydrogens (primary N) is 1. The first-order valence-corrected chi connectivity index (χ1v) is 5.27. The average molecular weight is 348 g/mol. The summed E-state index contributed by atoms with van der Waals surface area (Å²) < 4.78 is 26.4. The first kappa shape index (κ1) is 17.2. The largest absolute Gasteiger partial charge is 0.390 e. The van der Waals surface area contributed by atoms with Crippen LogP contribution in [0.5, 0.6) is 0 Å². The summed E-state index contributed by atoms with van der Waals surface area (Å²) in [6, 6.07) is 1.67. The van der Waals surface area contributed by atoms with E-state index in [0.717, 1.165) is 6.07 Å². The van der Waals surface area contributed by atoms with E-state index in [1.165, 1.54) is 12.1 Å². The minimum absolute atomic E-state index is 0. The second-order valence-corrected chi connectivity index (χ2v) is 4.22. The quantitative estimate of drug-likeness (QED) is 0.646. The molecule has 0 aromatic heterocycles. The highest BCUT2D eigenvalue weighted by atomic mass is 79.9. The van der Waals surface area contributed by atoms with Gasteiger partial charge >= 0.3 is 0 Å². The number of aliphatic hydroxyl groups excluding tert-OH is 1. The van der Waals surface area contributed by atoms with Crippen LogP contribution >= 0.6 is 28.3 Å². The molecule has 9 heteroatoms. The molecule has 1 rings (SSSR count). The summed E-state index contributed by atoms with van der Waals surface area (Å²) in [5, 5.41) is 19.1. The fourth-order valence-electron chi connectivity index (χ4n) is 1.21. The summed E-state index contributed by atoms with van der Waals surface area (Å²) in [4.78, 5) is 9.90. The first-order valence-electron chi connectivity index (χ1n) is 4.47. The lowest BCUT2D eigenvalue weighted by atomic mass is 10.0. The molecule has 1 aromatic carbocycles. The third kappa shape index (κ3) is 3.58. The number of nitro groups is 1. The molecule has 0 unspecified atom stereocenters. The molecule has 0 aliphatic rings. The van der Waals surface area contributed by atoms with Crippen LogP contribution in [0.3, 0.4) is 0 Å². The molecule has 0 aliphatic carbocycles. The highest BCUT2D eigenvalue weighted by Gasteiger charge is 2.38. The number of aliphatic hydroxyl groups is 1. The standard InChI is InChI=1S/C9H9BrF2N2O3.ClH/c10-6-2-1-5(3-7(6)14(16)17)8(13)9(11,12)4-15;/h1-3,8,15H,4,13H2;1H/t8-;/m0./s1. The van der Waals surface area contributed by atoms with Crippen LogP contribution in [-0.2, 0) is 0 Å². The second-order valence-electron chi connectivity index (χ2n) is 3.36. The maximum atomic E-state index is 13.1. The first-order chi connectivity index (χ1) is 7.79. The molecule has 1 atom stereocenters. The Morgan fingerprint density at radius 3 is 2.56 bits per heavy atom. The molecule has 0 spiro atoms. The normalized spacial score (nSPS) is 12.7. The van der Waals surface area contributed by atoms with Crippen LogP contribution in [-0.4, -0.2) is 22.6 Å². The summed E-state index contributed by atoms with van der Waals surface area (Å²) in [6.07, 6.45) is 0. The monoisotopic (exact) mass is 346 g/mol. The average Bonchev–Trinajstić information content (AvgIpc) is 2.28. The summed E-state index contributed by atoms with van der Waals surface area (Å²) in [7, 11) is 0. The van der Waals surface area contributed by atoms with Crippen molar-refractivity contribution < 1.29 is 18.8 Å². The van der Waals surface area contributed by atoms with Crippen molar-refractivity contribution in [3.05, 3.63) is 38.3 Å². The summed E-state index contributed by atoms with van der Waals surface area (Å²) in [6.45, 7) is -1.42. The second kappa shape index (κ2) is 6.37. The summed E-state index contributed by atoms with van der Waals surface area (Å²) in [5.74, 6) is -3.53. The molecular formula is C9H10BrClF2N2O3. The lowest BCUT2D eigenvalue weighted by Gasteiger charge is -2.21. The Balaban J connectivity index is 0.00000289. The molecule has 0 saturated carbocycles. The highest BCUT2D eigenvalue weighted by Crippen LogP contribution is 2.33. The van der Waals surface area contributed by atoms with Crippen molar-refractivity contribution in [2.45, 2.75) is 12.0 Å². The number of nitrogens with zero attached hydrogens (tertiary/aromatic N) is 1. The Bertz CT molecular complexity index is 448. The number of nitro benzene ring substituents is 1. The van der Waals surface area contributed by atoms with Crippen LogP contribution in [0.2, 0.25) is 0 Å². The van der Waals surface area contributed by atoms with E-state index in [1.54, 1.807) is 0 Å². The van der Waals surface area contributed by atoms with E-state index in [0.29, 0.717) is 0 Å². The van der Waals surface area contributed by atoms with Gasteiger partial charge in [-0.1, -0.05) is 6.07 Å². The molecular weight excluding hydrogens is 337 g/mol. The van der Waals surface area contributed by atoms with Crippen LogP contribution in [0.25, 0.3) is 0 Å². The lowest BCUT2D eigenvalue weighted by molar-refractivity contribution is -0.385. The maximum absolute atomic E-state index is 13.1. The van der Waals surface area contributed by atoms with Gasteiger partial charge in [-0.3, -0.25) is 10.1 Å². The molecule has 102 valence electrons. The molecule has 5 nitrogen and oxygen atoms in total. The van der Waals surface area contributed by atoms with E-state index in [9.17, 15) is 18.9 Å². The fraction of sp³-hybridized carbons (Fsp3) is 0.333. The minimum Gasteiger partial charge on any atom is -0.390 e. The van der Waals surface area contributed by atoms with Gasteiger partial charge in [-0.25, -0.2) is 8.78 Å². The van der Waals surface area contributed by atoms with Crippen LogP contribution in [0.1, 0.15) is 11.6 Å². The topological polar surface area (TPSA) is 89.4 Å². The maximum Gasteiger partial charge on any atom is 0.289 e. The zero-order valence-corrected chi connectivity index (χ0v) is 11.2. The zero-order valence-electron chi connectivity index (χ0n) is 8.85.